The molecule has 148 valence electrons. The quantitative estimate of drug-likeness (QED) is 0.426. The van der Waals surface area contributed by atoms with Gasteiger partial charge in [0.1, 0.15) is 6.54 Å². The van der Waals surface area contributed by atoms with Crippen LogP contribution in [0.3, 0.4) is 0 Å². The second kappa shape index (κ2) is 11.3. The molecule has 27 heavy (non-hydrogen) atoms. The van der Waals surface area contributed by atoms with Gasteiger partial charge in [-0.15, -0.1) is 0 Å². The first-order chi connectivity index (χ1) is 12.9. The van der Waals surface area contributed by atoms with E-state index in [-0.39, 0.29) is 49.7 Å². The molecule has 10 heteroatoms. The zero-order valence-electron chi connectivity index (χ0n) is 15.3. The van der Waals surface area contributed by atoms with Crippen LogP contribution in [0.4, 0.5) is 0 Å². The van der Waals surface area contributed by atoms with Crippen LogP contribution in [0.15, 0.2) is 29.2 Å². The van der Waals surface area contributed by atoms with Gasteiger partial charge in [-0.25, -0.2) is 13.1 Å². The maximum absolute atomic E-state index is 12.6. The van der Waals surface area contributed by atoms with Crippen molar-refractivity contribution in [2.45, 2.75) is 18.2 Å². The Kier molecular flexibility index (Phi) is 9.42. The minimum Gasteiger partial charge on any atom is -0.465 e. The summed E-state index contributed by atoms with van der Waals surface area (Å²) in [5.41, 5.74) is 0.228. The van der Waals surface area contributed by atoms with Gasteiger partial charge < -0.3 is 14.4 Å². The van der Waals surface area contributed by atoms with Crippen LogP contribution in [-0.2, 0) is 24.3 Å². The predicted octanol–water partition coefficient (Wildman–Crippen LogP) is 0.530. The summed E-state index contributed by atoms with van der Waals surface area (Å²) in [4.78, 5) is 25.6. The summed E-state index contributed by atoms with van der Waals surface area (Å²) in [5.74, 6) is -0.982. The van der Waals surface area contributed by atoms with Crippen molar-refractivity contribution < 1.29 is 27.5 Å². The van der Waals surface area contributed by atoms with Gasteiger partial charge in [0.05, 0.1) is 24.2 Å². The number of rotatable bonds is 11. The minimum atomic E-state index is -3.76. The van der Waals surface area contributed by atoms with E-state index in [1.54, 1.807) is 6.92 Å². The largest absolute Gasteiger partial charge is 0.465 e. The lowest BCUT2D eigenvalue weighted by Crippen LogP contribution is -2.38. The number of nitriles is 1. The first-order valence-electron chi connectivity index (χ1n) is 8.26. The summed E-state index contributed by atoms with van der Waals surface area (Å²) in [5, 5.41) is 8.47. The molecule has 0 aliphatic carbocycles. The number of benzene rings is 1. The summed E-state index contributed by atoms with van der Waals surface area (Å²) in [6.07, 6.45) is 0.0537. The van der Waals surface area contributed by atoms with Crippen LogP contribution < -0.4 is 4.72 Å². The van der Waals surface area contributed by atoms with Crippen molar-refractivity contribution in [3.8, 4) is 6.07 Å². The molecule has 1 N–H and O–H groups in total. The molecule has 9 nitrogen and oxygen atoms in total. The highest BCUT2D eigenvalue weighted by Gasteiger charge is 2.20. The molecule has 1 rings (SSSR count). The molecule has 0 unspecified atom stereocenters. The summed E-state index contributed by atoms with van der Waals surface area (Å²) < 4.78 is 36.3. The van der Waals surface area contributed by atoms with Crippen LogP contribution in [0.25, 0.3) is 0 Å². The number of ether oxygens (including phenoxy) is 2. The Hall–Kier alpha value is -2.48. The number of nitrogens with one attached hydrogen (secondary N) is 1. The van der Waals surface area contributed by atoms with Crippen LogP contribution in [0.1, 0.15) is 23.7 Å². The molecule has 0 radical (unpaired) electrons. The highest BCUT2D eigenvalue weighted by molar-refractivity contribution is 7.89. The van der Waals surface area contributed by atoms with Gasteiger partial charge in [-0.2, -0.15) is 5.26 Å². The summed E-state index contributed by atoms with van der Waals surface area (Å²) in [7, 11) is -2.28. The first kappa shape index (κ1) is 22.6. The van der Waals surface area contributed by atoms with Crippen LogP contribution in [-0.4, -0.2) is 65.2 Å². The fourth-order valence-electron chi connectivity index (χ4n) is 2.10. The van der Waals surface area contributed by atoms with E-state index in [9.17, 15) is 18.0 Å². The molecule has 0 spiro atoms. The van der Waals surface area contributed by atoms with E-state index >= 15 is 0 Å². The van der Waals surface area contributed by atoms with Crippen molar-refractivity contribution in [3.05, 3.63) is 29.8 Å². The maximum Gasteiger partial charge on any atom is 0.325 e. The van der Waals surface area contributed by atoms with E-state index in [1.165, 1.54) is 36.3 Å². The smallest absolute Gasteiger partial charge is 0.325 e. The number of esters is 1. The molecular weight excluding hydrogens is 374 g/mol. The molecule has 0 aliphatic rings. The lowest BCUT2D eigenvalue weighted by molar-refractivity contribution is -0.143. The van der Waals surface area contributed by atoms with Gasteiger partial charge in [-0.3, -0.25) is 9.59 Å². The van der Waals surface area contributed by atoms with E-state index < -0.39 is 21.9 Å². The van der Waals surface area contributed by atoms with Gasteiger partial charge >= 0.3 is 5.97 Å². The summed E-state index contributed by atoms with van der Waals surface area (Å²) in [6.45, 7) is 2.07. The predicted molar refractivity (Wildman–Crippen MR) is 96.3 cm³/mol. The summed E-state index contributed by atoms with van der Waals surface area (Å²) >= 11 is 0. The van der Waals surface area contributed by atoms with Crippen molar-refractivity contribution >= 4 is 21.9 Å². The molecule has 0 aromatic heterocycles. The van der Waals surface area contributed by atoms with Crippen molar-refractivity contribution in [2.24, 2.45) is 0 Å². The molecule has 0 heterocycles. The van der Waals surface area contributed by atoms with E-state index in [0.29, 0.717) is 0 Å². The molecule has 0 saturated heterocycles. The van der Waals surface area contributed by atoms with Crippen molar-refractivity contribution in [1.82, 2.24) is 9.62 Å². The Bertz CT molecular complexity index is 771. The van der Waals surface area contributed by atoms with Gasteiger partial charge in [-0.1, -0.05) is 0 Å². The van der Waals surface area contributed by atoms with E-state index in [0.717, 1.165) is 0 Å². The van der Waals surface area contributed by atoms with Gasteiger partial charge in [0.25, 0.3) is 5.91 Å². The lowest BCUT2D eigenvalue weighted by Gasteiger charge is -2.21. The zero-order valence-corrected chi connectivity index (χ0v) is 16.1. The van der Waals surface area contributed by atoms with E-state index in [4.69, 9.17) is 14.7 Å². The zero-order chi connectivity index (χ0) is 20.3. The summed E-state index contributed by atoms with van der Waals surface area (Å²) in [6, 6.07) is 7.16. The fraction of sp³-hybridized carbons (Fsp3) is 0.471. The molecule has 0 atom stereocenters. The second-order valence-corrected chi connectivity index (χ2v) is 7.12. The monoisotopic (exact) mass is 397 g/mol. The third-order valence-corrected chi connectivity index (χ3v) is 4.90. The van der Waals surface area contributed by atoms with Crippen molar-refractivity contribution in [1.29, 1.82) is 5.26 Å². The molecule has 0 aliphatic heterocycles. The molecule has 0 fully saturated rings. The van der Waals surface area contributed by atoms with E-state index in [1.807, 2.05) is 6.07 Å². The number of methoxy groups -OCH3 is 1. The highest BCUT2D eigenvalue weighted by atomic mass is 32.2. The second-order valence-electron chi connectivity index (χ2n) is 5.35. The minimum absolute atomic E-state index is 0.00382. The third-order valence-electron chi connectivity index (χ3n) is 3.42. The third kappa shape index (κ3) is 7.34. The molecule has 0 saturated carbocycles. The SMILES string of the molecule is CCOC(=O)CN(CCOC)C(=O)c1ccc(S(=O)(=O)NCCC#N)cc1. The average Bonchev–Trinajstić information content (AvgIpc) is 2.65. The Balaban J connectivity index is 2.90. The van der Waals surface area contributed by atoms with Crippen LogP contribution in [0, 0.1) is 11.3 Å². The first-order valence-corrected chi connectivity index (χ1v) is 9.74. The fourth-order valence-corrected chi connectivity index (χ4v) is 3.13. The molecule has 0 bridgehead atoms. The number of amides is 1. The number of carbonyl (C=O) groups excluding carboxylic acids is 2. The Morgan fingerprint density at radius 1 is 1.26 bits per heavy atom. The molecule has 1 aromatic carbocycles. The van der Waals surface area contributed by atoms with Crippen LogP contribution in [0.5, 0.6) is 0 Å². The van der Waals surface area contributed by atoms with Gasteiger partial charge in [0, 0.05) is 32.2 Å². The van der Waals surface area contributed by atoms with Crippen LogP contribution >= 0.6 is 0 Å². The van der Waals surface area contributed by atoms with Crippen molar-refractivity contribution in [3.63, 3.8) is 0 Å². The number of nitrogens with zero attached hydrogens (tertiary/aromatic N) is 2. The van der Waals surface area contributed by atoms with E-state index in [2.05, 4.69) is 4.72 Å². The molecule has 1 amide bonds. The number of carbonyl (C=O) groups is 2. The standard InChI is InChI=1S/C17H23N3O6S/c1-3-26-16(21)13-20(11-12-25-2)17(22)14-5-7-15(8-6-14)27(23,24)19-10-4-9-18/h5-8,19H,3-4,10-13H2,1-2H3. The average molecular weight is 397 g/mol. The number of hydrogen-bond acceptors (Lipinski definition) is 7. The number of sulfonamides is 1. The maximum atomic E-state index is 12.6. The normalized spacial score (nSPS) is 10.9. The Labute approximate surface area is 158 Å². The van der Waals surface area contributed by atoms with Gasteiger partial charge in [0.2, 0.25) is 10.0 Å². The Morgan fingerprint density at radius 2 is 1.93 bits per heavy atom. The van der Waals surface area contributed by atoms with Crippen LogP contribution in [0.2, 0.25) is 0 Å². The molecule has 1 aromatic rings. The highest BCUT2D eigenvalue weighted by Crippen LogP contribution is 2.12. The van der Waals surface area contributed by atoms with Gasteiger partial charge in [0.15, 0.2) is 0 Å². The van der Waals surface area contributed by atoms with Crippen molar-refractivity contribution in [2.75, 3.05) is 40.0 Å². The lowest BCUT2D eigenvalue weighted by atomic mass is 10.2. The number of hydrogen-bond donors (Lipinski definition) is 1. The Morgan fingerprint density at radius 3 is 2.48 bits per heavy atom. The topological polar surface area (TPSA) is 126 Å². The molecular formula is C17H23N3O6S. The van der Waals surface area contributed by atoms with Gasteiger partial charge in [-0.05, 0) is 31.2 Å².